The van der Waals surface area contributed by atoms with Gasteiger partial charge in [0.2, 0.25) is 0 Å². The van der Waals surface area contributed by atoms with E-state index in [0.717, 1.165) is 19.5 Å². The van der Waals surface area contributed by atoms with Crippen LogP contribution < -0.4 is 0 Å². The molecule has 0 saturated carbocycles. The summed E-state index contributed by atoms with van der Waals surface area (Å²) < 4.78 is 4.76. The molecule has 2 heterocycles. The first kappa shape index (κ1) is 11.1. The number of rotatable bonds is 3. The fourth-order valence-electron chi connectivity index (χ4n) is 1.91. The van der Waals surface area contributed by atoms with Crippen molar-refractivity contribution >= 4 is 5.97 Å². The summed E-state index contributed by atoms with van der Waals surface area (Å²) in [4.78, 5) is 17.6. The Morgan fingerprint density at radius 3 is 3.06 bits per heavy atom. The monoisotopic (exact) mass is 220 g/mol. The lowest BCUT2D eigenvalue weighted by atomic mass is 10.0. The van der Waals surface area contributed by atoms with Gasteiger partial charge in [0.25, 0.3) is 0 Å². The quantitative estimate of drug-likeness (QED) is 0.716. The first-order chi connectivity index (χ1) is 7.72. The van der Waals surface area contributed by atoms with E-state index in [-0.39, 0.29) is 12.0 Å². The summed E-state index contributed by atoms with van der Waals surface area (Å²) in [5, 5.41) is 0. The van der Waals surface area contributed by atoms with E-state index in [0.29, 0.717) is 0 Å². The molecule has 0 amide bonds. The average molecular weight is 220 g/mol. The van der Waals surface area contributed by atoms with Crippen molar-refractivity contribution in [2.75, 3.05) is 13.7 Å². The van der Waals surface area contributed by atoms with Crippen molar-refractivity contribution in [2.24, 2.45) is 0 Å². The van der Waals surface area contributed by atoms with Gasteiger partial charge in [-0.2, -0.15) is 0 Å². The molecule has 0 bridgehead atoms. The molecule has 2 rings (SSSR count). The predicted octanol–water partition coefficient (Wildman–Crippen LogP) is 1.14. The number of likely N-dealkylation sites (tertiary alicyclic amines) is 1. The van der Waals surface area contributed by atoms with Crippen molar-refractivity contribution in [3.63, 3.8) is 0 Å². The Bertz CT molecular complexity index is 392. The minimum absolute atomic E-state index is 0.0652. The number of carbonyl (C=O) groups is 1. The summed E-state index contributed by atoms with van der Waals surface area (Å²) in [6.45, 7) is 3.79. The van der Waals surface area contributed by atoms with Crippen LogP contribution in [-0.2, 0) is 16.1 Å². The highest BCUT2D eigenvalue weighted by Crippen LogP contribution is 2.22. The highest BCUT2D eigenvalue weighted by atomic mass is 16.5. The van der Waals surface area contributed by atoms with Crippen LogP contribution in [0.15, 0.2) is 18.5 Å². The molecule has 1 aromatic heterocycles. The second-order valence-electron chi connectivity index (χ2n) is 4.10. The molecule has 1 aliphatic rings. The van der Waals surface area contributed by atoms with Crippen LogP contribution in [0.2, 0.25) is 0 Å². The third-order valence-electron chi connectivity index (χ3n) is 3.12. The molecule has 86 valence electrons. The van der Waals surface area contributed by atoms with Gasteiger partial charge in [0.1, 0.15) is 6.04 Å². The molecule has 0 N–H and O–H groups in total. The molecule has 0 spiro atoms. The number of methoxy groups -OCH3 is 1. The zero-order valence-electron chi connectivity index (χ0n) is 9.64. The highest BCUT2D eigenvalue weighted by molar-refractivity contribution is 5.76. The highest BCUT2D eigenvalue weighted by Gasteiger charge is 2.34. The normalized spacial score (nSPS) is 20.2. The molecule has 1 aromatic rings. The molecule has 0 radical (unpaired) electrons. The zero-order valence-corrected chi connectivity index (χ0v) is 9.64. The van der Waals surface area contributed by atoms with E-state index < -0.39 is 0 Å². The van der Waals surface area contributed by atoms with Gasteiger partial charge in [0, 0.05) is 25.5 Å². The van der Waals surface area contributed by atoms with Crippen LogP contribution in [0.3, 0.4) is 0 Å². The minimum Gasteiger partial charge on any atom is -0.468 e. The van der Waals surface area contributed by atoms with Gasteiger partial charge in [0.05, 0.1) is 7.11 Å². The molecule has 16 heavy (non-hydrogen) atoms. The van der Waals surface area contributed by atoms with Gasteiger partial charge in [-0.05, 0) is 30.5 Å². The van der Waals surface area contributed by atoms with Gasteiger partial charge in [-0.15, -0.1) is 0 Å². The van der Waals surface area contributed by atoms with E-state index in [1.807, 2.05) is 12.3 Å². The molecular weight excluding hydrogens is 204 g/mol. The first-order valence-corrected chi connectivity index (χ1v) is 5.43. The van der Waals surface area contributed by atoms with Crippen LogP contribution in [0, 0.1) is 6.92 Å². The molecule has 1 aliphatic heterocycles. The Morgan fingerprint density at radius 1 is 1.69 bits per heavy atom. The van der Waals surface area contributed by atoms with E-state index in [2.05, 4.69) is 16.8 Å². The van der Waals surface area contributed by atoms with Gasteiger partial charge in [-0.3, -0.25) is 14.7 Å². The number of hydrogen-bond acceptors (Lipinski definition) is 4. The lowest BCUT2D eigenvalue weighted by Crippen LogP contribution is -2.52. The van der Waals surface area contributed by atoms with Crippen LogP contribution in [0.25, 0.3) is 0 Å². The third kappa shape index (κ3) is 2.07. The van der Waals surface area contributed by atoms with Gasteiger partial charge < -0.3 is 4.74 Å². The van der Waals surface area contributed by atoms with E-state index in [1.54, 1.807) is 6.20 Å². The second kappa shape index (κ2) is 4.61. The van der Waals surface area contributed by atoms with E-state index >= 15 is 0 Å². The molecule has 1 unspecified atom stereocenters. The Morgan fingerprint density at radius 2 is 2.50 bits per heavy atom. The molecular formula is C12H16N2O2. The summed E-state index contributed by atoms with van der Waals surface area (Å²) in [7, 11) is 1.44. The van der Waals surface area contributed by atoms with E-state index in [4.69, 9.17) is 4.74 Å². The van der Waals surface area contributed by atoms with Crippen LogP contribution in [-0.4, -0.2) is 35.5 Å². The Balaban J connectivity index is 2.01. The standard InChI is InChI=1S/C12H16N2O2/c1-9-3-5-13-7-10(9)8-14-6-4-11(14)12(15)16-2/h3,5,7,11H,4,6,8H2,1-2H3. The molecule has 1 fully saturated rings. The van der Waals surface area contributed by atoms with Gasteiger partial charge >= 0.3 is 5.97 Å². The number of aromatic nitrogens is 1. The van der Waals surface area contributed by atoms with Crippen LogP contribution in [0.5, 0.6) is 0 Å². The summed E-state index contributed by atoms with van der Waals surface area (Å²) in [6, 6.07) is 1.92. The number of aryl methyl sites for hydroxylation is 1. The first-order valence-electron chi connectivity index (χ1n) is 5.43. The molecule has 0 aliphatic carbocycles. The van der Waals surface area contributed by atoms with Gasteiger partial charge in [-0.1, -0.05) is 0 Å². The van der Waals surface area contributed by atoms with Crippen molar-refractivity contribution in [3.05, 3.63) is 29.6 Å². The fraction of sp³-hybridized carbons (Fsp3) is 0.500. The van der Waals surface area contributed by atoms with Crippen molar-refractivity contribution in [1.29, 1.82) is 0 Å². The number of nitrogens with zero attached hydrogens (tertiary/aromatic N) is 2. The van der Waals surface area contributed by atoms with Crippen LogP contribution >= 0.6 is 0 Å². The van der Waals surface area contributed by atoms with Crippen LogP contribution in [0.4, 0.5) is 0 Å². The summed E-state index contributed by atoms with van der Waals surface area (Å²) in [5.74, 6) is -0.132. The molecule has 0 aromatic carbocycles. The Labute approximate surface area is 95.2 Å². The number of hydrogen-bond donors (Lipinski definition) is 0. The second-order valence-corrected chi connectivity index (χ2v) is 4.10. The maximum atomic E-state index is 11.4. The van der Waals surface area contributed by atoms with E-state index in [9.17, 15) is 4.79 Å². The average Bonchev–Trinajstić information content (AvgIpc) is 2.26. The lowest BCUT2D eigenvalue weighted by Gasteiger charge is -2.38. The van der Waals surface area contributed by atoms with Crippen molar-refractivity contribution < 1.29 is 9.53 Å². The number of esters is 1. The number of carbonyl (C=O) groups excluding carboxylic acids is 1. The zero-order chi connectivity index (χ0) is 11.5. The minimum atomic E-state index is -0.132. The molecule has 4 nitrogen and oxygen atoms in total. The maximum absolute atomic E-state index is 11.4. The largest absolute Gasteiger partial charge is 0.468 e. The van der Waals surface area contributed by atoms with Gasteiger partial charge in [0.15, 0.2) is 0 Å². The molecule has 1 saturated heterocycles. The van der Waals surface area contributed by atoms with Crippen LogP contribution in [0.1, 0.15) is 17.5 Å². The lowest BCUT2D eigenvalue weighted by molar-refractivity contribution is -0.152. The summed E-state index contributed by atoms with van der Waals surface area (Å²) >= 11 is 0. The Hall–Kier alpha value is -1.42. The summed E-state index contributed by atoms with van der Waals surface area (Å²) in [5.41, 5.74) is 2.39. The third-order valence-corrected chi connectivity index (χ3v) is 3.12. The SMILES string of the molecule is COC(=O)C1CCN1Cc1cnccc1C. The fourth-order valence-corrected chi connectivity index (χ4v) is 1.91. The maximum Gasteiger partial charge on any atom is 0.323 e. The van der Waals surface area contributed by atoms with E-state index in [1.165, 1.54) is 18.2 Å². The predicted molar refractivity (Wildman–Crippen MR) is 59.8 cm³/mol. The molecule has 4 heteroatoms. The van der Waals surface area contributed by atoms with Gasteiger partial charge in [-0.25, -0.2) is 0 Å². The van der Waals surface area contributed by atoms with Crippen molar-refractivity contribution in [3.8, 4) is 0 Å². The number of ether oxygens (including phenoxy) is 1. The molecule has 1 atom stereocenters. The smallest absolute Gasteiger partial charge is 0.323 e. The topological polar surface area (TPSA) is 42.4 Å². The van der Waals surface area contributed by atoms with Crippen molar-refractivity contribution in [2.45, 2.75) is 25.9 Å². The number of pyridine rings is 1. The summed E-state index contributed by atoms with van der Waals surface area (Å²) in [6.07, 6.45) is 4.54. The Kier molecular flexibility index (Phi) is 3.19. The van der Waals surface area contributed by atoms with Crippen molar-refractivity contribution in [1.82, 2.24) is 9.88 Å².